The van der Waals surface area contributed by atoms with Crippen molar-refractivity contribution in [2.24, 2.45) is 0 Å². The Morgan fingerprint density at radius 1 is 1.25 bits per heavy atom. The molecule has 2 aromatic rings. The predicted molar refractivity (Wildman–Crippen MR) is 99.6 cm³/mol. The number of aromatic nitrogens is 1. The first-order chi connectivity index (χ1) is 11.6. The van der Waals surface area contributed by atoms with E-state index in [2.05, 4.69) is 55.0 Å². The Balaban J connectivity index is 1.84. The molecule has 0 unspecified atom stereocenters. The Morgan fingerprint density at radius 3 is 2.71 bits per heavy atom. The maximum absolute atomic E-state index is 5.87. The highest BCUT2D eigenvalue weighted by Crippen LogP contribution is 2.25. The first-order valence-electron chi connectivity index (χ1n) is 8.72. The molecular weight excluding hydrogens is 298 g/mol. The molecule has 4 nitrogen and oxygen atoms in total. The molecule has 1 heterocycles. The Kier molecular flexibility index (Phi) is 7.22. The van der Waals surface area contributed by atoms with E-state index in [0.29, 0.717) is 6.04 Å². The Labute approximate surface area is 145 Å². The Morgan fingerprint density at radius 2 is 2.08 bits per heavy atom. The molecule has 0 fully saturated rings. The number of likely N-dealkylation sites (N-methyl/N-ethyl adjacent to an activating group) is 1. The highest BCUT2D eigenvalue weighted by Gasteiger charge is 2.06. The zero-order chi connectivity index (χ0) is 17.4. The van der Waals surface area contributed by atoms with Crippen LogP contribution in [0.2, 0.25) is 0 Å². The van der Waals surface area contributed by atoms with Gasteiger partial charge >= 0.3 is 0 Å². The summed E-state index contributed by atoms with van der Waals surface area (Å²) in [5, 5.41) is 3.53. The molecule has 0 atom stereocenters. The summed E-state index contributed by atoms with van der Waals surface area (Å²) in [6, 6.07) is 10.7. The number of rotatable bonds is 9. The molecule has 0 amide bonds. The van der Waals surface area contributed by atoms with Crippen LogP contribution in [0, 0.1) is 6.92 Å². The topological polar surface area (TPSA) is 37.4 Å². The fraction of sp³-hybridized carbons (Fsp3) is 0.450. The number of pyridine rings is 1. The molecule has 130 valence electrons. The number of nitrogens with zero attached hydrogens (tertiary/aromatic N) is 2. The molecule has 0 aliphatic rings. The van der Waals surface area contributed by atoms with Crippen LogP contribution in [0.25, 0.3) is 0 Å². The van der Waals surface area contributed by atoms with E-state index < -0.39 is 0 Å². The maximum atomic E-state index is 5.87. The Hall–Kier alpha value is -1.91. The van der Waals surface area contributed by atoms with Crippen LogP contribution in [-0.2, 0) is 6.54 Å². The number of hydrogen-bond acceptors (Lipinski definition) is 4. The van der Waals surface area contributed by atoms with Gasteiger partial charge in [0.1, 0.15) is 11.5 Å². The van der Waals surface area contributed by atoms with Gasteiger partial charge < -0.3 is 10.1 Å². The van der Waals surface area contributed by atoms with Gasteiger partial charge in [0.2, 0.25) is 0 Å². The van der Waals surface area contributed by atoms with Crippen LogP contribution in [0.15, 0.2) is 42.7 Å². The van der Waals surface area contributed by atoms with E-state index in [-0.39, 0.29) is 0 Å². The van der Waals surface area contributed by atoms with Gasteiger partial charge in [-0.15, -0.1) is 0 Å². The first kappa shape index (κ1) is 18.4. The molecule has 1 aromatic carbocycles. The molecule has 0 aliphatic heterocycles. The van der Waals surface area contributed by atoms with Crippen LogP contribution < -0.4 is 10.1 Å². The van der Waals surface area contributed by atoms with E-state index in [1.54, 1.807) is 12.4 Å². The molecule has 4 heteroatoms. The summed E-state index contributed by atoms with van der Waals surface area (Å²) < 4.78 is 5.87. The third kappa shape index (κ3) is 5.62. The second kappa shape index (κ2) is 9.40. The number of aryl methyl sites for hydroxylation is 1. The van der Waals surface area contributed by atoms with E-state index in [1.807, 2.05) is 18.2 Å². The summed E-state index contributed by atoms with van der Waals surface area (Å²) in [4.78, 5) is 6.53. The van der Waals surface area contributed by atoms with Gasteiger partial charge in [-0.05, 0) is 56.6 Å². The summed E-state index contributed by atoms with van der Waals surface area (Å²) in [5.74, 6) is 1.64. The van der Waals surface area contributed by atoms with Crippen molar-refractivity contribution < 1.29 is 4.74 Å². The summed E-state index contributed by atoms with van der Waals surface area (Å²) in [6.45, 7) is 12.8. The zero-order valence-electron chi connectivity index (χ0n) is 15.2. The van der Waals surface area contributed by atoms with Crippen LogP contribution >= 0.6 is 0 Å². The monoisotopic (exact) mass is 327 g/mol. The van der Waals surface area contributed by atoms with Gasteiger partial charge in [0, 0.05) is 31.9 Å². The van der Waals surface area contributed by atoms with Gasteiger partial charge in [-0.1, -0.05) is 19.1 Å². The molecule has 0 saturated heterocycles. The van der Waals surface area contributed by atoms with Crippen molar-refractivity contribution in [1.29, 1.82) is 0 Å². The van der Waals surface area contributed by atoms with Gasteiger partial charge in [0.15, 0.2) is 0 Å². The molecule has 2 rings (SSSR count). The summed E-state index contributed by atoms with van der Waals surface area (Å²) in [7, 11) is 0. The second-order valence-electron chi connectivity index (χ2n) is 6.29. The smallest absolute Gasteiger partial charge is 0.145 e. The normalized spacial score (nSPS) is 11.2. The van der Waals surface area contributed by atoms with Crippen molar-refractivity contribution in [3.05, 3.63) is 53.9 Å². The van der Waals surface area contributed by atoms with Crippen molar-refractivity contribution >= 4 is 0 Å². The lowest BCUT2D eigenvalue weighted by Crippen LogP contribution is -2.36. The fourth-order valence-corrected chi connectivity index (χ4v) is 2.71. The average molecular weight is 327 g/mol. The average Bonchev–Trinajstić information content (AvgIpc) is 2.58. The van der Waals surface area contributed by atoms with Crippen molar-refractivity contribution in [2.45, 2.75) is 40.3 Å². The van der Waals surface area contributed by atoms with Crippen LogP contribution in [0.1, 0.15) is 31.9 Å². The SMILES string of the molecule is CCN(CCNCc1ccc(Oc2cccnc2)c(C)c1)C(C)C. The second-order valence-corrected chi connectivity index (χ2v) is 6.29. The third-order valence-corrected chi connectivity index (χ3v) is 4.14. The van der Waals surface area contributed by atoms with E-state index in [0.717, 1.165) is 43.2 Å². The van der Waals surface area contributed by atoms with Crippen LogP contribution in [0.4, 0.5) is 0 Å². The lowest BCUT2D eigenvalue weighted by molar-refractivity contribution is 0.233. The van der Waals surface area contributed by atoms with E-state index in [4.69, 9.17) is 4.74 Å². The molecule has 0 aliphatic carbocycles. The zero-order valence-corrected chi connectivity index (χ0v) is 15.2. The summed E-state index contributed by atoms with van der Waals surface area (Å²) in [5.41, 5.74) is 2.41. The standard InChI is InChI=1S/C20H29N3O/c1-5-23(16(2)3)12-11-22-14-18-8-9-20(17(4)13-18)24-19-7-6-10-21-15-19/h6-10,13,15-16,22H,5,11-12,14H2,1-4H3. The fourth-order valence-electron chi connectivity index (χ4n) is 2.71. The van der Waals surface area contributed by atoms with Crippen molar-refractivity contribution in [3.63, 3.8) is 0 Å². The predicted octanol–water partition coefficient (Wildman–Crippen LogP) is 4.00. The summed E-state index contributed by atoms with van der Waals surface area (Å²) >= 11 is 0. The lowest BCUT2D eigenvalue weighted by Gasteiger charge is -2.24. The molecule has 0 spiro atoms. The molecule has 24 heavy (non-hydrogen) atoms. The number of benzene rings is 1. The van der Waals surface area contributed by atoms with Crippen LogP contribution in [0.5, 0.6) is 11.5 Å². The summed E-state index contributed by atoms with van der Waals surface area (Å²) in [6.07, 6.45) is 3.47. The van der Waals surface area contributed by atoms with Gasteiger partial charge in [-0.25, -0.2) is 0 Å². The highest BCUT2D eigenvalue weighted by atomic mass is 16.5. The van der Waals surface area contributed by atoms with Crippen molar-refractivity contribution in [3.8, 4) is 11.5 Å². The molecule has 1 N–H and O–H groups in total. The first-order valence-corrected chi connectivity index (χ1v) is 8.72. The minimum atomic E-state index is 0.600. The van der Waals surface area contributed by atoms with E-state index in [1.165, 1.54) is 5.56 Å². The van der Waals surface area contributed by atoms with Gasteiger partial charge in [-0.2, -0.15) is 0 Å². The van der Waals surface area contributed by atoms with Crippen LogP contribution in [-0.4, -0.2) is 35.6 Å². The Bertz CT molecular complexity index is 614. The van der Waals surface area contributed by atoms with Crippen molar-refractivity contribution in [1.82, 2.24) is 15.2 Å². The largest absolute Gasteiger partial charge is 0.455 e. The van der Waals surface area contributed by atoms with E-state index >= 15 is 0 Å². The lowest BCUT2D eigenvalue weighted by atomic mass is 10.1. The quantitative estimate of drug-likeness (QED) is 0.706. The molecule has 0 saturated carbocycles. The van der Waals surface area contributed by atoms with Gasteiger partial charge in [-0.3, -0.25) is 9.88 Å². The number of ether oxygens (including phenoxy) is 1. The maximum Gasteiger partial charge on any atom is 0.145 e. The van der Waals surface area contributed by atoms with Gasteiger partial charge in [0.05, 0.1) is 6.20 Å². The third-order valence-electron chi connectivity index (χ3n) is 4.14. The highest BCUT2D eigenvalue weighted by molar-refractivity contribution is 5.39. The minimum absolute atomic E-state index is 0.600. The molecule has 0 bridgehead atoms. The van der Waals surface area contributed by atoms with Gasteiger partial charge in [0.25, 0.3) is 0 Å². The molecule has 0 radical (unpaired) electrons. The molecule has 1 aromatic heterocycles. The minimum Gasteiger partial charge on any atom is -0.455 e. The number of hydrogen-bond donors (Lipinski definition) is 1. The van der Waals surface area contributed by atoms with E-state index in [9.17, 15) is 0 Å². The van der Waals surface area contributed by atoms with Crippen molar-refractivity contribution in [2.75, 3.05) is 19.6 Å². The molecular formula is C20H29N3O. The van der Waals surface area contributed by atoms with Crippen LogP contribution in [0.3, 0.4) is 0 Å². The number of nitrogens with one attached hydrogen (secondary N) is 1.